The molecule has 0 N–H and O–H groups in total. The van der Waals surface area contributed by atoms with Gasteiger partial charge in [0.2, 0.25) is 0 Å². The highest BCUT2D eigenvalue weighted by Gasteiger charge is 2.13. The van der Waals surface area contributed by atoms with Crippen molar-refractivity contribution in [1.82, 2.24) is 0 Å². The Kier molecular flexibility index (Phi) is 4.55. The van der Waals surface area contributed by atoms with E-state index in [1.54, 1.807) is 14.0 Å². The number of aryl methyl sites for hydroxylation is 1. The summed E-state index contributed by atoms with van der Waals surface area (Å²) in [5, 5.41) is 0. The normalized spacial score (nSPS) is 10.4. The molecule has 0 aliphatic carbocycles. The Labute approximate surface area is 125 Å². The highest BCUT2D eigenvalue weighted by atomic mass is 79.9. The van der Waals surface area contributed by atoms with Crippen LogP contribution in [0, 0.1) is 12.7 Å². The molecule has 0 bridgehead atoms. The van der Waals surface area contributed by atoms with Gasteiger partial charge in [-0.05, 0) is 48.9 Å². The number of carbonyl (C=O) groups is 1. The van der Waals surface area contributed by atoms with Gasteiger partial charge in [0.1, 0.15) is 11.6 Å². The minimum atomic E-state index is -0.334. The topological polar surface area (TPSA) is 26.3 Å². The number of methoxy groups -OCH3 is 1. The fraction of sp³-hybridized carbons (Fsp3) is 0.188. The van der Waals surface area contributed by atoms with Crippen molar-refractivity contribution in [2.75, 3.05) is 7.11 Å². The molecule has 0 aliphatic rings. The van der Waals surface area contributed by atoms with Gasteiger partial charge in [0, 0.05) is 22.0 Å². The van der Waals surface area contributed by atoms with Gasteiger partial charge in [-0.15, -0.1) is 0 Å². The van der Waals surface area contributed by atoms with Crippen LogP contribution in [0.1, 0.15) is 21.5 Å². The van der Waals surface area contributed by atoms with Gasteiger partial charge in [-0.1, -0.05) is 15.9 Å². The Balaban J connectivity index is 2.30. The summed E-state index contributed by atoms with van der Waals surface area (Å²) in [5.41, 5.74) is 1.98. The largest absolute Gasteiger partial charge is 0.496 e. The number of ketones is 1. The van der Waals surface area contributed by atoms with Crippen molar-refractivity contribution in [2.45, 2.75) is 13.3 Å². The van der Waals surface area contributed by atoms with Gasteiger partial charge < -0.3 is 4.74 Å². The third kappa shape index (κ3) is 3.25. The number of hydrogen-bond acceptors (Lipinski definition) is 2. The molecule has 2 aromatic carbocycles. The lowest BCUT2D eigenvalue weighted by Crippen LogP contribution is -2.07. The number of halogens is 2. The van der Waals surface area contributed by atoms with Gasteiger partial charge in [0.15, 0.2) is 5.78 Å². The molecular weight excluding hydrogens is 323 g/mol. The molecule has 2 rings (SSSR count). The molecule has 0 unspecified atom stereocenters. The molecule has 0 amide bonds. The first-order valence-electron chi connectivity index (χ1n) is 6.13. The molecule has 0 radical (unpaired) electrons. The molecule has 0 aliphatic heterocycles. The van der Waals surface area contributed by atoms with Gasteiger partial charge in [-0.25, -0.2) is 4.39 Å². The molecule has 0 spiro atoms. The van der Waals surface area contributed by atoms with E-state index in [0.29, 0.717) is 16.9 Å². The summed E-state index contributed by atoms with van der Waals surface area (Å²) in [5.74, 6) is 0.277. The van der Waals surface area contributed by atoms with Gasteiger partial charge in [-0.3, -0.25) is 4.79 Å². The van der Waals surface area contributed by atoms with Crippen LogP contribution >= 0.6 is 15.9 Å². The zero-order chi connectivity index (χ0) is 14.7. The fourth-order valence-corrected chi connectivity index (χ4v) is 2.50. The van der Waals surface area contributed by atoms with Crippen LogP contribution in [0.5, 0.6) is 5.75 Å². The molecule has 104 valence electrons. The minimum absolute atomic E-state index is 0.0566. The molecule has 0 heterocycles. The Hall–Kier alpha value is -1.68. The molecule has 4 heteroatoms. The number of hydrogen-bond donors (Lipinski definition) is 0. The molecular formula is C16H14BrFO2. The van der Waals surface area contributed by atoms with Crippen LogP contribution in [0.2, 0.25) is 0 Å². The van der Waals surface area contributed by atoms with Crippen molar-refractivity contribution in [3.05, 3.63) is 63.4 Å². The zero-order valence-corrected chi connectivity index (χ0v) is 12.8. The van der Waals surface area contributed by atoms with Crippen molar-refractivity contribution < 1.29 is 13.9 Å². The molecule has 0 atom stereocenters. The van der Waals surface area contributed by atoms with E-state index in [2.05, 4.69) is 15.9 Å². The first-order valence-corrected chi connectivity index (χ1v) is 6.92. The number of Topliss-reactive ketones (excluding diaryl/α,β-unsaturated/α-hetero) is 1. The van der Waals surface area contributed by atoms with Crippen LogP contribution in [-0.2, 0) is 6.42 Å². The van der Waals surface area contributed by atoms with Crippen LogP contribution < -0.4 is 4.74 Å². The maximum atomic E-state index is 13.1. The number of benzene rings is 2. The monoisotopic (exact) mass is 336 g/mol. The first kappa shape index (κ1) is 14.7. The van der Waals surface area contributed by atoms with Crippen LogP contribution in [0.4, 0.5) is 4.39 Å². The van der Waals surface area contributed by atoms with Gasteiger partial charge in [0.25, 0.3) is 0 Å². The highest BCUT2D eigenvalue weighted by Crippen LogP contribution is 2.25. The summed E-state index contributed by atoms with van der Waals surface area (Å²) in [7, 11) is 1.57. The van der Waals surface area contributed by atoms with E-state index in [9.17, 15) is 9.18 Å². The number of rotatable bonds is 4. The Morgan fingerprint density at radius 3 is 2.65 bits per heavy atom. The Morgan fingerprint density at radius 2 is 2.00 bits per heavy atom. The SMILES string of the molecule is COc1ccc(Br)cc1CC(=O)c1ccc(F)cc1C. The molecule has 2 nitrogen and oxygen atoms in total. The number of ether oxygens (including phenoxy) is 1. The van der Waals surface area contributed by atoms with E-state index in [-0.39, 0.29) is 18.0 Å². The lowest BCUT2D eigenvalue weighted by molar-refractivity contribution is 0.0991. The van der Waals surface area contributed by atoms with Gasteiger partial charge >= 0.3 is 0 Å². The molecule has 2 aromatic rings. The molecule has 0 saturated heterocycles. The summed E-state index contributed by atoms with van der Waals surface area (Å²) in [4.78, 5) is 12.3. The van der Waals surface area contributed by atoms with Crippen LogP contribution in [0.15, 0.2) is 40.9 Å². The third-order valence-electron chi connectivity index (χ3n) is 3.08. The molecule has 0 fully saturated rings. The van der Waals surface area contributed by atoms with Crippen LogP contribution in [-0.4, -0.2) is 12.9 Å². The van der Waals surface area contributed by atoms with Crippen molar-refractivity contribution >= 4 is 21.7 Å². The average Bonchev–Trinajstić information content (AvgIpc) is 2.38. The lowest BCUT2D eigenvalue weighted by atomic mass is 9.98. The van der Waals surface area contributed by atoms with Gasteiger partial charge in [-0.2, -0.15) is 0 Å². The second kappa shape index (κ2) is 6.18. The Morgan fingerprint density at radius 1 is 1.25 bits per heavy atom. The molecule has 0 saturated carbocycles. The van der Waals surface area contributed by atoms with E-state index in [4.69, 9.17) is 4.74 Å². The Bertz CT molecular complexity index is 653. The predicted octanol–water partition coefficient (Wildman–Crippen LogP) is 4.33. The smallest absolute Gasteiger partial charge is 0.167 e. The maximum Gasteiger partial charge on any atom is 0.167 e. The predicted molar refractivity (Wildman–Crippen MR) is 79.9 cm³/mol. The first-order chi connectivity index (χ1) is 9.51. The summed E-state index contributed by atoms with van der Waals surface area (Å²) in [6, 6.07) is 9.72. The van der Waals surface area contributed by atoms with Crippen molar-refractivity contribution in [1.29, 1.82) is 0 Å². The lowest BCUT2D eigenvalue weighted by Gasteiger charge is -2.10. The molecule has 0 aromatic heterocycles. The molecule has 20 heavy (non-hydrogen) atoms. The standard InChI is InChI=1S/C16H14BrFO2/c1-10-7-13(18)4-5-14(10)15(19)9-11-8-12(17)3-6-16(11)20-2/h3-8H,9H2,1-2H3. The summed E-state index contributed by atoms with van der Waals surface area (Å²) in [6.45, 7) is 1.73. The number of carbonyl (C=O) groups excluding carboxylic acids is 1. The van der Waals surface area contributed by atoms with Crippen LogP contribution in [0.25, 0.3) is 0 Å². The zero-order valence-electron chi connectivity index (χ0n) is 11.2. The van der Waals surface area contributed by atoms with E-state index in [1.807, 2.05) is 18.2 Å². The second-order valence-corrected chi connectivity index (χ2v) is 5.43. The van der Waals surface area contributed by atoms with E-state index in [1.165, 1.54) is 18.2 Å². The minimum Gasteiger partial charge on any atom is -0.496 e. The maximum absolute atomic E-state index is 13.1. The average molecular weight is 337 g/mol. The van der Waals surface area contributed by atoms with Crippen molar-refractivity contribution in [2.24, 2.45) is 0 Å². The van der Waals surface area contributed by atoms with Crippen molar-refractivity contribution in [3.8, 4) is 5.75 Å². The third-order valence-corrected chi connectivity index (χ3v) is 3.58. The van der Waals surface area contributed by atoms with Crippen molar-refractivity contribution in [3.63, 3.8) is 0 Å². The highest BCUT2D eigenvalue weighted by molar-refractivity contribution is 9.10. The van der Waals surface area contributed by atoms with Crippen LogP contribution in [0.3, 0.4) is 0 Å². The van der Waals surface area contributed by atoms with E-state index < -0.39 is 0 Å². The second-order valence-electron chi connectivity index (χ2n) is 4.52. The van der Waals surface area contributed by atoms with E-state index >= 15 is 0 Å². The quantitative estimate of drug-likeness (QED) is 0.776. The van der Waals surface area contributed by atoms with E-state index in [0.717, 1.165) is 10.0 Å². The summed E-state index contributed by atoms with van der Waals surface area (Å²) >= 11 is 3.38. The van der Waals surface area contributed by atoms with Gasteiger partial charge in [0.05, 0.1) is 7.11 Å². The summed E-state index contributed by atoms with van der Waals surface area (Å²) < 4.78 is 19.2. The summed E-state index contributed by atoms with van der Waals surface area (Å²) in [6.07, 6.45) is 0.217. The fourth-order valence-electron chi connectivity index (χ4n) is 2.09.